The predicted molar refractivity (Wildman–Crippen MR) is 137 cm³/mol. The minimum atomic E-state index is -0.681. The number of hydrogen-bond donors (Lipinski definition) is 2. The van der Waals surface area contributed by atoms with Crippen molar-refractivity contribution in [3.8, 4) is 22.3 Å². The summed E-state index contributed by atoms with van der Waals surface area (Å²) in [7, 11) is 0. The molecule has 1 saturated heterocycles. The van der Waals surface area contributed by atoms with Gasteiger partial charge in [-0.3, -0.25) is 9.59 Å². The average molecular weight is 495 g/mol. The number of carbonyl (C=O) groups is 2. The van der Waals surface area contributed by atoms with Crippen molar-refractivity contribution in [2.45, 2.75) is 64.1 Å². The van der Waals surface area contributed by atoms with Crippen LogP contribution in [-0.2, 0) is 14.3 Å². The maximum absolute atomic E-state index is 13.1. The fraction of sp³-hybridized carbons (Fsp3) is 0.519. The maximum atomic E-state index is 13.1. The van der Waals surface area contributed by atoms with Crippen LogP contribution in [-0.4, -0.2) is 53.5 Å². The summed E-state index contributed by atoms with van der Waals surface area (Å²) in [5.74, 6) is 6.38. The highest BCUT2D eigenvalue weighted by atomic mass is 32.1. The zero-order chi connectivity index (χ0) is 24.8. The van der Waals surface area contributed by atoms with Gasteiger partial charge in [0.15, 0.2) is 0 Å². The number of nitrogens with one attached hydrogen (secondary N) is 1. The Kier molecular flexibility index (Phi) is 8.55. The number of likely N-dealkylation sites (tertiary alicyclic amines) is 1. The van der Waals surface area contributed by atoms with Crippen molar-refractivity contribution >= 4 is 23.2 Å². The monoisotopic (exact) mass is 494 g/mol. The molecule has 0 spiro atoms. The number of thiazole rings is 1. The summed E-state index contributed by atoms with van der Waals surface area (Å²) in [5, 5.41) is 3.08. The molecule has 186 valence electrons. The van der Waals surface area contributed by atoms with Crippen LogP contribution >= 0.6 is 11.3 Å². The van der Waals surface area contributed by atoms with Crippen molar-refractivity contribution in [1.82, 2.24) is 15.2 Å². The highest BCUT2D eigenvalue weighted by Gasteiger charge is 2.36. The number of rotatable bonds is 9. The third-order valence-corrected chi connectivity index (χ3v) is 7.54. The maximum Gasteiger partial charge on any atom is 0.243 e. The van der Waals surface area contributed by atoms with Gasteiger partial charge >= 0.3 is 0 Å². The van der Waals surface area contributed by atoms with Gasteiger partial charge in [-0.15, -0.1) is 11.3 Å². The van der Waals surface area contributed by atoms with Crippen molar-refractivity contribution in [3.63, 3.8) is 0 Å². The Balaban J connectivity index is 1.26. The van der Waals surface area contributed by atoms with Crippen LogP contribution in [0.5, 0.6) is 0 Å². The number of aryl methyl sites for hydroxylation is 1. The Morgan fingerprint density at radius 2 is 2.06 bits per heavy atom. The molecule has 0 bridgehead atoms. The van der Waals surface area contributed by atoms with Crippen molar-refractivity contribution < 1.29 is 14.3 Å². The Morgan fingerprint density at radius 1 is 1.29 bits per heavy atom. The topological polar surface area (TPSA) is 97.6 Å². The van der Waals surface area contributed by atoms with E-state index in [4.69, 9.17) is 10.5 Å². The van der Waals surface area contributed by atoms with Crippen LogP contribution in [0, 0.1) is 24.7 Å². The van der Waals surface area contributed by atoms with E-state index in [0.717, 1.165) is 28.1 Å². The first-order chi connectivity index (χ1) is 16.9. The molecular formula is C27H34N4O3S. The number of aromatic nitrogens is 1. The number of ether oxygens (including phenoxy) is 1. The molecule has 3 atom stereocenters. The largest absolute Gasteiger partial charge is 0.369 e. The number of hydrogen-bond acceptors (Lipinski definition) is 6. The molecule has 1 aliphatic heterocycles. The molecule has 1 aromatic carbocycles. The van der Waals surface area contributed by atoms with Gasteiger partial charge in [0.1, 0.15) is 12.6 Å². The van der Waals surface area contributed by atoms with Gasteiger partial charge < -0.3 is 20.7 Å². The van der Waals surface area contributed by atoms with E-state index in [1.807, 2.05) is 31.5 Å². The standard InChI is InChI=1S/C27H34N4O3S/c1-18(21-9-11-22(12-10-21)25-19(2)29-17-35-25)30-26(32)24-6-3-14-31(24)27(33)23(28)13-16-34-15-4-5-20-7-8-20/h9-12,17-18,20,23-24H,3,6-8,13-16,28H2,1-2H3,(H,30,32). The molecule has 7 nitrogen and oxygen atoms in total. The van der Waals surface area contributed by atoms with Crippen LogP contribution in [0.25, 0.3) is 10.4 Å². The van der Waals surface area contributed by atoms with Crippen LogP contribution < -0.4 is 11.1 Å². The van der Waals surface area contributed by atoms with Crippen LogP contribution in [0.3, 0.4) is 0 Å². The molecule has 2 aromatic rings. The summed E-state index contributed by atoms with van der Waals surface area (Å²) in [6.45, 7) is 5.26. The summed E-state index contributed by atoms with van der Waals surface area (Å²) in [6.07, 6.45) is 4.23. The Morgan fingerprint density at radius 3 is 2.74 bits per heavy atom. The minimum absolute atomic E-state index is 0.135. The van der Waals surface area contributed by atoms with E-state index in [-0.39, 0.29) is 17.9 Å². The van der Waals surface area contributed by atoms with E-state index >= 15 is 0 Å². The highest BCUT2D eigenvalue weighted by molar-refractivity contribution is 7.13. The lowest BCUT2D eigenvalue weighted by molar-refractivity contribution is -0.140. The first-order valence-electron chi connectivity index (χ1n) is 12.4. The molecule has 0 radical (unpaired) electrons. The molecular weight excluding hydrogens is 460 g/mol. The van der Waals surface area contributed by atoms with E-state index in [9.17, 15) is 9.59 Å². The molecule has 1 aromatic heterocycles. The van der Waals surface area contributed by atoms with Gasteiger partial charge in [-0.1, -0.05) is 36.1 Å². The molecule has 1 saturated carbocycles. The lowest BCUT2D eigenvalue weighted by Crippen LogP contribution is -2.51. The van der Waals surface area contributed by atoms with Crippen molar-refractivity contribution in [2.24, 2.45) is 11.7 Å². The number of nitrogens with two attached hydrogens (primary N) is 1. The van der Waals surface area contributed by atoms with Crippen molar-refractivity contribution in [1.29, 1.82) is 0 Å². The average Bonchev–Trinajstić information content (AvgIpc) is 3.36. The van der Waals surface area contributed by atoms with E-state index in [0.29, 0.717) is 38.5 Å². The first kappa shape index (κ1) is 25.4. The van der Waals surface area contributed by atoms with E-state index in [2.05, 4.69) is 34.3 Å². The van der Waals surface area contributed by atoms with Crippen LogP contribution in [0.4, 0.5) is 0 Å². The zero-order valence-electron chi connectivity index (χ0n) is 20.5. The second-order valence-electron chi connectivity index (χ2n) is 9.35. The molecule has 2 heterocycles. The fourth-order valence-corrected chi connectivity index (χ4v) is 5.09. The van der Waals surface area contributed by atoms with Gasteiger partial charge in [0.05, 0.1) is 28.2 Å². The first-order valence-corrected chi connectivity index (χ1v) is 13.2. The highest BCUT2D eigenvalue weighted by Crippen LogP contribution is 2.29. The Bertz CT molecular complexity index is 1080. The summed E-state index contributed by atoms with van der Waals surface area (Å²) in [5.41, 5.74) is 11.1. The zero-order valence-corrected chi connectivity index (χ0v) is 21.3. The normalized spacial score (nSPS) is 19.1. The molecule has 35 heavy (non-hydrogen) atoms. The van der Waals surface area contributed by atoms with Gasteiger partial charge in [0, 0.05) is 19.1 Å². The Hall–Kier alpha value is -2.73. The van der Waals surface area contributed by atoms with Crippen molar-refractivity contribution in [2.75, 3.05) is 19.8 Å². The van der Waals surface area contributed by atoms with E-state index in [1.165, 1.54) is 12.8 Å². The molecule has 3 N–H and O–H groups in total. The number of carbonyl (C=O) groups excluding carboxylic acids is 2. The summed E-state index contributed by atoms with van der Waals surface area (Å²) in [6, 6.07) is 6.84. The van der Waals surface area contributed by atoms with Crippen molar-refractivity contribution in [3.05, 3.63) is 41.0 Å². The van der Waals surface area contributed by atoms with Gasteiger partial charge in [-0.05, 0) is 57.1 Å². The summed E-state index contributed by atoms with van der Waals surface area (Å²) >= 11 is 1.62. The minimum Gasteiger partial charge on any atom is -0.369 e. The molecule has 8 heteroatoms. The number of benzene rings is 1. The lowest BCUT2D eigenvalue weighted by Gasteiger charge is -2.28. The number of amides is 2. The van der Waals surface area contributed by atoms with Gasteiger partial charge in [-0.25, -0.2) is 4.98 Å². The molecule has 2 amide bonds. The molecule has 2 fully saturated rings. The van der Waals surface area contributed by atoms with Crippen LogP contribution in [0.1, 0.15) is 56.3 Å². The second kappa shape index (κ2) is 11.8. The number of nitrogens with zero attached hydrogens (tertiary/aromatic N) is 2. The predicted octanol–water partition coefficient (Wildman–Crippen LogP) is 3.43. The van der Waals surface area contributed by atoms with Crippen LogP contribution in [0.2, 0.25) is 0 Å². The molecule has 1 aliphatic carbocycles. The van der Waals surface area contributed by atoms with Gasteiger partial charge in [0.2, 0.25) is 11.8 Å². The SMILES string of the molecule is Cc1ncsc1-c1ccc(C(C)NC(=O)C2CCCN2C(=O)C(N)CCOCC#CC2CC2)cc1. The third kappa shape index (κ3) is 6.69. The molecule has 2 aliphatic rings. The second-order valence-corrected chi connectivity index (χ2v) is 10.2. The summed E-state index contributed by atoms with van der Waals surface area (Å²) in [4.78, 5) is 33.1. The van der Waals surface area contributed by atoms with E-state index < -0.39 is 12.1 Å². The fourth-order valence-electron chi connectivity index (χ4n) is 4.28. The van der Waals surface area contributed by atoms with Gasteiger partial charge in [-0.2, -0.15) is 0 Å². The van der Waals surface area contributed by atoms with Crippen LogP contribution in [0.15, 0.2) is 29.8 Å². The lowest BCUT2D eigenvalue weighted by atomic mass is 10.0. The quantitative estimate of drug-likeness (QED) is 0.411. The molecule has 4 rings (SSSR count). The smallest absolute Gasteiger partial charge is 0.243 e. The van der Waals surface area contributed by atoms with E-state index in [1.54, 1.807) is 16.2 Å². The molecule has 3 unspecified atom stereocenters. The van der Waals surface area contributed by atoms with Gasteiger partial charge in [0.25, 0.3) is 0 Å². The third-order valence-electron chi connectivity index (χ3n) is 6.56. The summed E-state index contributed by atoms with van der Waals surface area (Å²) < 4.78 is 5.50. The Labute approximate surface area is 211 Å².